The van der Waals surface area contributed by atoms with Crippen LogP contribution in [0.1, 0.15) is 19.4 Å². The Morgan fingerprint density at radius 3 is 2.00 bits per heavy atom. The van der Waals surface area contributed by atoms with Gasteiger partial charge in [0.25, 0.3) is 0 Å². The van der Waals surface area contributed by atoms with Crippen molar-refractivity contribution in [2.24, 2.45) is 11.3 Å². The molecular weight excluding hydrogens is 224 g/mol. The van der Waals surface area contributed by atoms with Crippen LogP contribution in [0, 0.1) is 11.3 Å². The molecule has 0 amide bonds. The zero-order chi connectivity index (χ0) is 12.2. The SMILES string of the molecule is CC(C)C(CO)(CO)Cc1ccc(Cl)cc1. The topological polar surface area (TPSA) is 40.5 Å². The summed E-state index contributed by atoms with van der Waals surface area (Å²) < 4.78 is 0. The molecule has 0 bridgehead atoms. The summed E-state index contributed by atoms with van der Waals surface area (Å²) in [5, 5.41) is 19.7. The van der Waals surface area contributed by atoms with Gasteiger partial charge in [-0.1, -0.05) is 37.6 Å². The van der Waals surface area contributed by atoms with Gasteiger partial charge in [-0.3, -0.25) is 0 Å². The molecule has 1 aromatic rings. The quantitative estimate of drug-likeness (QED) is 0.833. The molecule has 0 radical (unpaired) electrons. The van der Waals surface area contributed by atoms with Gasteiger partial charge in [-0.05, 0) is 30.0 Å². The Morgan fingerprint density at radius 2 is 1.62 bits per heavy atom. The smallest absolute Gasteiger partial charge is 0.0515 e. The maximum absolute atomic E-state index is 9.48. The van der Waals surface area contributed by atoms with Crippen LogP contribution in [0.15, 0.2) is 24.3 Å². The summed E-state index contributed by atoms with van der Waals surface area (Å²) in [6, 6.07) is 7.53. The fourth-order valence-corrected chi connectivity index (χ4v) is 1.87. The summed E-state index contributed by atoms with van der Waals surface area (Å²) in [6.07, 6.45) is 0.662. The molecule has 0 saturated heterocycles. The minimum Gasteiger partial charge on any atom is -0.396 e. The van der Waals surface area contributed by atoms with Gasteiger partial charge in [0.05, 0.1) is 13.2 Å². The van der Waals surface area contributed by atoms with Crippen LogP contribution < -0.4 is 0 Å². The predicted molar refractivity (Wildman–Crippen MR) is 66.6 cm³/mol. The van der Waals surface area contributed by atoms with E-state index in [0.717, 1.165) is 5.56 Å². The Labute approximate surface area is 102 Å². The van der Waals surface area contributed by atoms with Gasteiger partial charge < -0.3 is 10.2 Å². The van der Waals surface area contributed by atoms with Gasteiger partial charge >= 0.3 is 0 Å². The minimum absolute atomic E-state index is 0.0101. The van der Waals surface area contributed by atoms with E-state index in [-0.39, 0.29) is 19.1 Å². The van der Waals surface area contributed by atoms with E-state index in [2.05, 4.69) is 0 Å². The van der Waals surface area contributed by atoms with E-state index in [9.17, 15) is 10.2 Å². The van der Waals surface area contributed by atoms with Crippen LogP contribution in [0.5, 0.6) is 0 Å². The normalized spacial score (nSPS) is 12.1. The van der Waals surface area contributed by atoms with E-state index < -0.39 is 5.41 Å². The lowest BCUT2D eigenvalue weighted by molar-refractivity contribution is 0.0163. The van der Waals surface area contributed by atoms with Gasteiger partial charge in [0.2, 0.25) is 0 Å². The lowest BCUT2D eigenvalue weighted by atomic mass is 9.74. The summed E-state index contributed by atoms with van der Waals surface area (Å²) in [4.78, 5) is 0. The molecule has 3 heteroatoms. The van der Waals surface area contributed by atoms with E-state index in [4.69, 9.17) is 11.6 Å². The average molecular weight is 243 g/mol. The monoisotopic (exact) mass is 242 g/mol. The summed E-state index contributed by atoms with van der Waals surface area (Å²) in [6.45, 7) is 4.01. The van der Waals surface area contributed by atoms with Crippen molar-refractivity contribution in [3.63, 3.8) is 0 Å². The van der Waals surface area contributed by atoms with E-state index in [1.807, 2.05) is 38.1 Å². The molecule has 0 unspecified atom stereocenters. The average Bonchev–Trinajstić information content (AvgIpc) is 2.28. The molecule has 1 aromatic carbocycles. The molecule has 0 fully saturated rings. The highest BCUT2D eigenvalue weighted by molar-refractivity contribution is 6.30. The lowest BCUT2D eigenvalue weighted by Crippen LogP contribution is -2.37. The van der Waals surface area contributed by atoms with Crippen LogP contribution in [0.25, 0.3) is 0 Å². The summed E-state index contributed by atoms with van der Waals surface area (Å²) in [5.74, 6) is 0.221. The number of aliphatic hydroxyl groups is 2. The van der Waals surface area contributed by atoms with Crippen molar-refractivity contribution in [1.29, 1.82) is 0 Å². The van der Waals surface area contributed by atoms with Crippen molar-refractivity contribution >= 4 is 11.6 Å². The van der Waals surface area contributed by atoms with Crippen molar-refractivity contribution in [3.8, 4) is 0 Å². The molecule has 0 spiro atoms. The van der Waals surface area contributed by atoms with Crippen LogP contribution in [-0.4, -0.2) is 23.4 Å². The molecule has 0 atom stereocenters. The first-order valence-electron chi connectivity index (χ1n) is 5.50. The third kappa shape index (κ3) is 2.97. The van der Waals surface area contributed by atoms with Gasteiger partial charge in [-0.15, -0.1) is 0 Å². The van der Waals surface area contributed by atoms with Gasteiger partial charge in [0.1, 0.15) is 0 Å². The molecule has 16 heavy (non-hydrogen) atoms. The molecule has 0 heterocycles. The highest BCUT2D eigenvalue weighted by Crippen LogP contribution is 2.31. The molecule has 2 nitrogen and oxygen atoms in total. The van der Waals surface area contributed by atoms with E-state index in [1.165, 1.54) is 0 Å². The number of halogens is 1. The second kappa shape index (κ2) is 5.67. The molecule has 0 aromatic heterocycles. The van der Waals surface area contributed by atoms with Crippen molar-refractivity contribution in [1.82, 2.24) is 0 Å². The van der Waals surface area contributed by atoms with Crippen LogP contribution in [-0.2, 0) is 6.42 Å². The zero-order valence-corrected chi connectivity index (χ0v) is 10.5. The zero-order valence-electron chi connectivity index (χ0n) is 9.78. The first-order valence-corrected chi connectivity index (χ1v) is 5.88. The van der Waals surface area contributed by atoms with Crippen molar-refractivity contribution < 1.29 is 10.2 Å². The van der Waals surface area contributed by atoms with Gasteiger partial charge in [0.15, 0.2) is 0 Å². The number of hydrogen-bond acceptors (Lipinski definition) is 2. The Bertz CT molecular complexity index is 315. The van der Waals surface area contributed by atoms with Crippen LogP contribution in [0.4, 0.5) is 0 Å². The number of rotatable bonds is 5. The molecule has 0 aliphatic heterocycles. The Morgan fingerprint density at radius 1 is 1.12 bits per heavy atom. The van der Waals surface area contributed by atoms with E-state index in [1.54, 1.807) is 0 Å². The standard InChI is InChI=1S/C13H19ClO2/c1-10(2)13(8-15,9-16)7-11-3-5-12(14)6-4-11/h3-6,10,15-16H,7-9H2,1-2H3. The highest BCUT2D eigenvalue weighted by Gasteiger charge is 2.32. The highest BCUT2D eigenvalue weighted by atomic mass is 35.5. The first kappa shape index (κ1) is 13.5. The van der Waals surface area contributed by atoms with Gasteiger partial charge in [-0.2, -0.15) is 0 Å². The first-order chi connectivity index (χ1) is 7.54. The maximum Gasteiger partial charge on any atom is 0.0515 e. The van der Waals surface area contributed by atoms with Crippen molar-refractivity contribution in [2.45, 2.75) is 20.3 Å². The minimum atomic E-state index is -0.451. The molecular formula is C13H19ClO2. The molecule has 0 aliphatic carbocycles. The fraction of sp³-hybridized carbons (Fsp3) is 0.538. The Kier molecular flexibility index (Phi) is 4.78. The fourth-order valence-electron chi connectivity index (χ4n) is 1.74. The Hall–Kier alpha value is -0.570. The number of aliphatic hydroxyl groups excluding tert-OH is 2. The molecule has 0 saturated carbocycles. The lowest BCUT2D eigenvalue weighted by Gasteiger charge is -2.34. The molecule has 2 N–H and O–H groups in total. The second-order valence-corrected chi connectivity index (χ2v) is 5.07. The maximum atomic E-state index is 9.48. The summed E-state index contributed by atoms with van der Waals surface area (Å²) >= 11 is 5.81. The van der Waals surface area contributed by atoms with Gasteiger partial charge in [-0.25, -0.2) is 0 Å². The predicted octanol–water partition coefficient (Wildman–Crippen LogP) is 2.51. The molecule has 90 valence electrons. The third-order valence-corrected chi connectivity index (χ3v) is 3.58. The summed E-state index contributed by atoms with van der Waals surface area (Å²) in [5.41, 5.74) is 0.634. The molecule has 0 aliphatic rings. The van der Waals surface area contributed by atoms with Gasteiger partial charge in [0, 0.05) is 10.4 Å². The van der Waals surface area contributed by atoms with Crippen LogP contribution in [0.2, 0.25) is 5.02 Å². The molecule has 1 rings (SSSR count). The van der Waals surface area contributed by atoms with E-state index >= 15 is 0 Å². The van der Waals surface area contributed by atoms with Crippen molar-refractivity contribution in [3.05, 3.63) is 34.9 Å². The van der Waals surface area contributed by atoms with E-state index in [0.29, 0.717) is 11.4 Å². The second-order valence-electron chi connectivity index (χ2n) is 4.64. The van der Waals surface area contributed by atoms with Crippen LogP contribution in [0.3, 0.4) is 0 Å². The largest absolute Gasteiger partial charge is 0.396 e. The third-order valence-electron chi connectivity index (χ3n) is 3.32. The van der Waals surface area contributed by atoms with Crippen molar-refractivity contribution in [2.75, 3.05) is 13.2 Å². The number of hydrogen-bond donors (Lipinski definition) is 2. The summed E-state index contributed by atoms with van der Waals surface area (Å²) in [7, 11) is 0. The van der Waals surface area contributed by atoms with Crippen LogP contribution >= 0.6 is 11.6 Å². The Balaban J connectivity index is 2.87. The number of benzene rings is 1.